The van der Waals surface area contributed by atoms with Crippen molar-refractivity contribution in [3.63, 3.8) is 0 Å². The van der Waals surface area contributed by atoms with Gasteiger partial charge in [0.15, 0.2) is 0 Å². The number of ether oxygens (including phenoxy) is 1. The van der Waals surface area contributed by atoms with Crippen LogP contribution in [0.2, 0.25) is 0 Å². The van der Waals surface area contributed by atoms with Crippen LogP contribution in [0.4, 0.5) is 4.39 Å². The van der Waals surface area contributed by atoms with Gasteiger partial charge in [-0.05, 0) is 24.3 Å². The highest BCUT2D eigenvalue weighted by molar-refractivity contribution is 5.72. The molecule has 19 heavy (non-hydrogen) atoms. The maximum Gasteiger partial charge on any atom is 0.311 e. The van der Waals surface area contributed by atoms with E-state index in [0.29, 0.717) is 11.3 Å². The largest absolute Gasteiger partial charge is 0.469 e. The van der Waals surface area contributed by atoms with Crippen LogP contribution in [0.5, 0.6) is 0 Å². The van der Waals surface area contributed by atoms with Crippen molar-refractivity contribution in [2.75, 3.05) is 7.11 Å². The summed E-state index contributed by atoms with van der Waals surface area (Å²) in [5.74, 6) is -0.577. The number of aromatic nitrogens is 2. The predicted octanol–water partition coefficient (Wildman–Crippen LogP) is 1.29. The first-order valence-electron chi connectivity index (χ1n) is 5.51. The standard InChI is InChI=1S/C13H11FN2O3/c1-19-12(18)7-10-6-11(17)16-13(15-10)8-2-4-9(14)5-3-8/h2-6H,7H2,1H3,(H,15,16,17). The maximum atomic E-state index is 12.8. The fraction of sp³-hybridized carbons (Fsp3) is 0.154. The highest BCUT2D eigenvalue weighted by Gasteiger charge is 2.08. The molecule has 0 aliphatic carbocycles. The molecule has 5 nitrogen and oxygen atoms in total. The van der Waals surface area contributed by atoms with E-state index in [0.717, 1.165) is 0 Å². The third-order valence-electron chi connectivity index (χ3n) is 2.47. The Morgan fingerprint density at radius 1 is 1.37 bits per heavy atom. The highest BCUT2D eigenvalue weighted by atomic mass is 19.1. The van der Waals surface area contributed by atoms with E-state index in [9.17, 15) is 14.0 Å². The number of carbonyl (C=O) groups is 1. The van der Waals surface area contributed by atoms with Gasteiger partial charge in [-0.15, -0.1) is 0 Å². The summed E-state index contributed by atoms with van der Waals surface area (Å²) in [5, 5.41) is 0. The van der Waals surface area contributed by atoms with Crippen molar-refractivity contribution >= 4 is 5.97 Å². The lowest BCUT2D eigenvalue weighted by Gasteiger charge is -2.03. The van der Waals surface area contributed by atoms with E-state index in [-0.39, 0.29) is 23.6 Å². The molecule has 0 spiro atoms. The van der Waals surface area contributed by atoms with E-state index in [1.165, 1.54) is 37.4 Å². The molecule has 2 aromatic rings. The Morgan fingerprint density at radius 2 is 2.05 bits per heavy atom. The fourth-order valence-electron chi connectivity index (χ4n) is 1.56. The molecule has 1 aromatic carbocycles. The van der Waals surface area contributed by atoms with Crippen molar-refractivity contribution in [3.05, 3.63) is 52.2 Å². The molecule has 1 heterocycles. The Morgan fingerprint density at radius 3 is 2.68 bits per heavy atom. The molecular weight excluding hydrogens is 251 g/mol. The summed E-state index contributed by atoms with van der Waals surface area (Å²) in [6.07, 6.45) is -0.0887. The van der Waals surface area contributed by atoms with Gasteiger partial charge in [-0.25, -0.2) is 9.37 Å². The molecule has 0 unspecified atom stereocenters. The quantitative estimate of drug-likeness (QED) is 0.846. The zero-order valence-electron chi connectivity index (χ0n) is 10.1. The number of methoxy groups -OCH3 is 1. The van der Waals surface area contributed by atoms with Crippen LogP contribution in [-0.4, -0.2) is 23.0 Å². The molecule has 0 atom stereocenters. The number of nitrogens with one attached hydrogen (secondary N) is 1. The maximum absolute atomic E-state index is 12.8. The number of rotatable bonds is 3. The van der Waals surface area contributed by atoms with Gasteiger partial charge in [0.1, 0.15) is 11.6 Å². The van der Waals surface area contributed by atoms with Gasteiger partial charge >= 0.3 is 5.97 Å². The normalized spacial score (nSPS) is 10.2. The number of halogens is 1. The zero-order valence-corrected chi connectivity index (χ0v) is 10.1. The van der Waals surface area contributed by atoms with Crippen molar-refractivity contribution in [1.82, 2.24) is 9.97 Å². The summed E-state index contributed by atoms with van der Waals surface area (Å²) in [6.45, 7) is 0. The van der Waals surface area contributed by atoms with E-state index in [1.807, 2.05) is 0 Å². The van der Waals surface area contributed by atoms with Gasteiger partial charge in [-0.1, -0.05) is 0 Å². The van der Waals surface area contributed by atoms with E-state index in [1.54, 1.807) is 0 Å². The summed E-state index contributed by atoms with van der Waals surface area (Å²) < 4.78 is 17.3. The molecule has 2 rings (SSSR count). The van der Waals surface area contributed by atoms with Crippen LogP contribution >= 0.6 is 0 Å². The second kappa shape index (κ2) is 5.43. The van der Waals surface area contributed by atoms with E-state index in [4.69, 9.17) is 0 Å². The molecule has 98 valence electrons. The summed E-state index contributed by atoms with van der Waals surface area (Å²) in [6, 6.07) is 6.75. The molecule has 0 amide bonds. The zero-order chi connectivity index (χ0) is 13.8. The van der Waals surface area contributed by atoms with Gasteiger partial charge in [0.25, 0.3) is 5.56 Å². The lowest BCUT2D eigenvalue weighted by Crippen LogP contribution is -2.14. The Bertz CT molecular complexity index is 650. The third-order valence-corrected chi connectivity index (χ3v) is 2.47. The molecule has 0 radical (unpaired) electrons. The van der Waals surface area contributed by atoms with Crippen molar-refractivity contribution in [3.8, 4) is 11.4 Å². The third kappa shape index (κ3) is 3.25. The number of carbonyl (C=O) groups excluding carboxylic acids is 1. The van der Waals surface area contributed by atoms with Crippen LogP contribution in [0.15, 0.2) is 35.1 Å². The SMILES string of the molecule is COC(=O)Cc1cc(=O)[nH]c(-c2ccc(F)cc2)n1. The average Bonchev–Trinajstić information content (AvgIpc) is 2.38. The van der Waals surface area contributed by atoms with Crippen LogP contribution in [0, 0.1) is 5.82 Å². The molecule has 0 aliphatic rings. The van der Waals surface area contributed by atoms with Gasteiger partial charge in [0.2, 0.25) is 0 Å². The second-order valence-electron chi connectivity index (χ2n) is 3.85. The van der Waals surface area contributed by atoms with Crippen molar-refractivity contribution in [1.29, 1.82) is 0 Å². The highest BCUT2D eigenvalue weighted by Crippen LogP contribution is 2.14. The Balaban J connectivity index is 2.38. The molecule has 0 fully saturated rings. The smallest absolute Gasteiger partial charge is 0.311 e. The summed E-state index contributed by atoms with van der Waals surface area (Å²) in [5.41, 5.74) is 0.480. The van der Waals surface area contributed by atoms with Crippen LogP contribution in [0.25, 0.3) is 11.4 Å². The predicted molar refractivity (Wildman–Crippen MR) is 66.0 cm³/mol. The fourth-order valence-corrected chi connectivity index (χ4v) is 1.56. The topological polar surface area (TPSA) is 72.1 Å². The van der Waals surface area contributed by atoms with Crippen molar-refractivity contribution in [2.45, 2.75) is 6.42 Å². The minimum absolute atomic E-state index is 0.0887. The lowest BCUT2D eigenvalue weighted by molar-refractivity contribution is -0.139. The molecule has 1 N–H and O–H groups in total. The number of nitrogens with zero attached hydrogens (tertiary/aromatic N) is 1. The Hall–Kier alpha value is -2.50. The first-order chi connectivity index (χ1) is 9.08. The van der Waals surface area contributed by atoms with Gasteiger partial charge in [0, 0.05) is 11.6 Å². The van der Waals surface area contributed by atoms with Crippen molar-refractivity contribution in [2.24, 2.45) is 0 Å². The molecule has 0 bridgehead atoms. The van der Waals surface area contributed by atoms with Crippen LogP contribution in [0.1, 0.15) is 5.69 Å². The van der Waals surface area contributed by atoms with E-state index in [2.05, 4.69) is 14.7 Å². The number of benzene rings is 1. The monoisotopic (exact) mass is 262 g/mol. The van der Waals surface area contributed by atoms with Gasteiger partial charge in [-0.2, -0.15) is 0 Å². The van der Waals surface area contributed by atoms with Crippen LogP contribution < -0.4 is 5.56 Å². The Kier molecular flexibility index (Phi) is 3.70. The summed E-state index contributed by atoms with van der Waals surface area (Å²) >= 11 is 0. The first-order valence-corrected chi connectivity index (χ1v) is 5.51. The molecule has 0 saturated heterocycles. The molecular formula is C13H11FN2O3. The molecule has 0 saturated carbocycles. The number of hydrogen-bond acceptors (Lipinski definition) is 4. The summed E-state index contributed by atoms with van der Waals surface area (Å²) in [4.78, 5) is 29.3. The average molecular weight is 262 g/mol. The van der Waals surface area contributed by atoms with E-state index < -0.39 is 5.97 Å². The van der Waals surface area contributed by atoms with Gasteiger partial charge in [-0.3, -0.25) is 9.59 Å². The minimum Gasteiger partial charge on any atom is -0.469 e. The second-order valence-corrected chi connectivity index (χ2v) is 3.85. The molecule has 0 aliphatic heterocycles. The van der Waals surface area contributed by atoms with Crippen LogP contribution in [-0.2, 0) is 16.0 Å². The van der Waals surface area contributed by atoms with Crippen LogP contribution in [0.3, 0.4) is 0 Å². The minimum atomic E-state index is -0.483. The number of esters is 1. The Labute approximate surface area is 108 Å². The molecule has 6 heteroatoms. The van der Waals surface area contributed by atoms with Crippen molar-refractivity contribution < 1.29 is 13.9 Å². The first kappa shape index (κ1) is 12.9. The summed E-state index contributed by atoms with van der Waals surface area (Å²) in [7, 11) is 1.26. The van der Waals surface area contributed by atoms with Gasteiger partial charge in [0.05, 0.1) is 19.2 Å². The molecule has 1 aromatic heterocycles. The number of aromatic amines is 1. The number of hydrogen-bond donors (Lipinski definition) is 1. The van der Waals surface area contributed by atoms with Gasteiger partial charge < -0.3 is 9.72 Å². The number of H-pyrrole nitrogens is 1. The van der Waals surface area contributed by atoms with E-state index >= 15 is 0 Å². The lowest BCUT2D eigenvalue weighted by atomic mass is 10.2.